The van der Waals surface area contributed by atoms with Crippen LogP contribution in [0.2, 0.25) is 0 Å². The summed E-state index contributed by atoms with van der Waals surface area (Å²) in [6, 6.07) is 0. The summed E-state index contributed by atoms with van der Waals surface area (Å²) in [7, 11) is 1.63. The van der Waals surface area contributed by atoms with E-state index in [0.717, 1.165) is 26.8 Å². The molecular weight excluding hydrogens is 328 g/mol. The average molecular weight is 367 g/mol. The van der Waals surface area contributed by atoms with Gasteiger partial charge in [-0.2, -0.15) is 0 Å². The van der Waals surface area contributed by atoms with Crippen LogP contribution in [0.25, 0.3) is 12.2 Å². The van der Waals surface area contributed by atoms with Crippen LogP contribution in [0.1, 0.15) is 74.3 Å². The second-order valence-corrected chi connectivity index (χ2v) is 6.63. The van der Waals surface area contributed by atoms with Crippen LogP contribution in [-0.4, -0.2) is 7.11 Å². The van der Waals surface area contributed by atoms with Crippen LogP contribution in [0.15, 0.2) is 16.9 Å². The predicted molar refractivity (Wildman–Crippen MR) is 116 cm³/mol. The fraction of sp³-hybridized carbons (Fsp3) is 0.591. The van der Waals surface area contributed by atoms with Crippen LogP contribution in [0, 0.1) is 5.41 Å². The third-order valence-corrected chi connectivity index (χ3v) is 4.48. The van der Waals surface area contributed by atoms with E-state index in [1.54, 1.807) is 18.4 Å². The van der Waals surface area contributed by atoms with Crippen molar-refractivity contribution in [3.05, 3.63) is 37.7 Å². The highest BCUT2D eigenvalue weighted by Crippen LogP contribution is 2.20. The quantitative estimate of drug-likeness (QED) is 0.661. The van der Waals surface area contributed by atoms with Crippen LogP contribution in [0.5, 0.6) is 5.06 Å². The second-order valence-electron chi connectivity index (χ2n) is 5.61. The molecule has 1 rings (SSSR count). The molecule has 0 bridgehead atoms. The van der Waals surface area contributed by atoms with Gasteiger partial charge in [0, 0.05) is 15.2 Å². The topological polar surface area (TPSA) is 26.3 Å². The van der Waals surface area contributed by atoms with Crippen molar-refractivity contribution in [1.82, 2.24) is 0 Å². The zero-order valence-electron chi connectivity index (χ0n) is 17.9. The van der Waals surface area contributed by atoms with Gasteiger partial charge in [-0.25, -0.2) is 0 Å². The van der Waals surface area contributed by atoms with E-state index >= 15 is 0 Å². The maximum absolute atomic E-state index is 12.8. The molecule has 0 aliphatic carbocycles. The summed E-state index contributed by atoms with van der Waals surface area (Å²) < 4.78 is 6.42. The first kappa shape index (κ1) is 25.9. The molecule has 1 aromatic rings. The largest absolute Gasteiger partial charge is 0.487 e. The van der Waals surface area contributed by atoms with E-state index in [4.69, 9.17) is 4.74 Å². The van der Waals surface area contributed by atoms with Crippen molar-refractivity contribution in [3.8, 4) is 5.06 Å². The molecule has 2 nitrogen and oxygen atoms in total. The number of methoxy groups -OCH3 is 1. The van der Waals surface area contributed by atoms with Gasteiger partial charge in [0.25, 0.3) is 0 Å². The van der Waals surface area contributed by atoms with Crippen molar-refractivity contribution in [2.24, 2.45) is 5.41 Å². The molecule has 0 unspecified atom stereocenters. The van der Waals surface area contributed by atoms with Crippen molar-refractivity contribution in [1.29, 1.82) is 0 Å². The number of rotatable bonds is 5. The third-order valence-electron chi connectivity index (χ3n) is 3.27. The fourth-order valence-corrected chi connectivity index (χ4v) is 3.53. The first-order valence-electron chi connectivity index (χ1n) is 9.47. The Morgan fingerprint density at radius 1 is 1.12 bits per heavy atom. The van der Waals surface area contributed by atoms with Crippen LogP contribution in [0.3, 0.4) is 0 Å². The molecule has 1 heterocycles. The Kier molecular flexibility index (Phi) is 14.4. The minimum absolute atomic E-state index is 0.102. The minimum Gasteiger partial charge on any atom is -0.487 e. The van der Waals surface area contributed by atoms with E-state index in [1.165, 1.54) is 0 Å². The molecule has 0 aliphatic rings. The van der Waals surface area contributed by atoms with Gasteiger partial charge in [0.2, 0.25) is 0 Å². The Bertz CT molecular complexity index is 679. The van der Waals surface area contributed by atoms with Gasteiger partial charge in [0.15, 0.2) is 10.5 Å². The second kappa shape index (κ2) is 13.9. The highest BCUT2D eigenvalue weighted by atomic mass is 32.1. The van der Waals surface area contributed by atoms with E-state index in [1.807, 2.05) is 47.6 Å². The number of ether oxygens (including phenoxy) is 1. The Balaban J connectivity index is 0. The molecule has 0 fully saturated rings. The molecule has 144 valence electrons. The van der Waals surface area contributed by atoms with E-state index in [0.29, 0.717) is 6.42 Å². The van der Waals surface area contributed by atoms with Gasteiger partial charge < -0.3 is 4.74 Å². The summed E-state index contributed by atoms with van der Waals surface area (Å²) in [6.45, 7) is 18.3. The number of hydrogen-bond acceptors (Lipinski definition) is 3. The fourth-order valence-electron chi connectivity index (χ4n) is 2.38. The highest BCUT2D eigenvalue weighted by Gasteiger charge is 2.14. The monoisotopic (exact) mass is 366 g/mol. The van der Waals surface area contributed by atoms with E-state index in [-0.39, 0.29) is 10.8 Å². The summed E-state index contributed by atoms with van der Waals surface area (Å²) in [4.78, 5) is 12.8. The lowest BCUT2D eigenvalue weighted by atomic mass is 9.91. The van der Waals surface area contributed by atoms with Gasteiger partial charge in [0.1, 0.15) is 0 Å². The van der Waals surface area contributed by atoms with E-state index < -0.39 is 0 Å². The molecule has 1 aromatic heterocycles. The summed E-state index contributed by atoms with van der Waals surface area (Å²) >= 11 is 1.56. The smallest absolute Gasteiger partial charge is 0.194 e. The molecule has 0 saturated heterocycles. The predicted octanol–water partition coefficient (Wildman–Crippen LogP) is 5.31. The van der Waals surface area contributed by atoms with Crippen LogP contribution in [0.4, 0.5) is 0 Å². The van der Waals surface area contributed by atoms with E-state index in [9.17, 15) is 4.79 Å². The molecule has 0 N–H and O–H groups in total. The summed E-state index contributed by atoms with van der Waals surface area (Å²) in [5.74, 6) is 0. The molecule has 0 spiro atoms. The maximum Gasteiger partial charge on any atom is 0.194 e. The minimum atomic E-state index is -0.142. The lowest BCUT2D eigenvalue weighted by Crippen LogP contribution is -2.40. The van der Waals surface area contributed by atoms with Crippen LogP contribution < -0.4 is 19.9 Å². The van der Waals surface area contributed by atoms with Gasteiger partial charge in [-0.05, 0) is 19.8 Å². The molecule has 0 radical (unpaired) electrons. The first-order valence-corrected chi connectivity index (χ1v) is 10.3. The first-order chi connectivity index (χ1) is 11.9. The Morgan fingerprint density at radius 3 is 2.08 bits per heavy atom. The molecule has 0 aromatic carbocycles. The standard InChI is InChI=1S/C18H26O2S.2C2H6/c1-7-10-15-14(12-18(4,5)11-8-2)16(19)13(9-3)17(20-6)21-15;2*1-2/h8,10-12H,7,9H2,1-6H3;2*1-2H3/b11-8-,14-12+,15-10+;;. The van der Waals surface area contributed by atoms with Crippen LogP contribution in [-0.2, 0) is 6.42 Å². The van der Waals surface area contributed by atoms with Gasteiger partial charge in [-0.15, -0.1) is 0 Å². The zero-order valence-corrected chi connectivity index (χ0v) is 18.8. The summed E-state index contributed by atoms with van der Waals surface area (Å²) in [5, 5.41) is 1.55. The summed E-state index contributed by atoms with van der Waals surface area (Å²) in [5.41, 5.74) is 0.736. The summed E-state index contributed by atoms with van der Waals surface area (Å²) in [6.07, 6.45) is 9.91. The van der Waals surface area contributed by atoms with Gasteiger partial charge >= 0.3 is 0 Å². The molecule has 0 atom stereocenters. The Hall–Kier alpha value is -1.35. The van der Waals surface area contributed by atoms with Crippen LogP contribution >= 0.6 is 11.3 Å². The molecule has 25 heavy (non-hydrogen) atoms. The van der Waals surface area contributed by atoms with E-state index in [2.05, 4.69) is 39.0 Å². The molecular formula is C22H38O2S. The zero-order chi connectivity index (χ0) is 20.0. The lowest BCUT2D eigenvalue weighted by Gasteiger charge is -2.14. The van der Waals surface area contributed by atoms with Gasteiger partial charge in [-0.1, -0.05) is 91.0 Å². The Labute approximate surface area is 159 Å². The van der Waals surface area contributed by atoms with Gasteiger partial charge in [-0.3, -0.25) is 4.79 Å². The van der Waals surface area contributed by atoms with Gasteiger partial charge in [0.05, 0.1) is 12.7 Å². The SMILES string of the molecule is C/C=C\C(C)(C)/C=c1/c(=O)c(CC)c(OC)s/c1=C/CC.CC.CC. The van der Waals surface area contributed by atoms with Crippen molar-refractivity contribution in [2.45, 2.75) is 75.2 Å². The maximum atomic E-state index is 12.8. The molecule has 3 heteroatoms. The molecule has 0 saturated carbocycles. The van der Waals surface area contributed by atoms with Crippen molar-refractivity contribution in [2.75, 3.05) is 7.11 Å². The lowest BCUT2D eigenvalue weighted by molar-refractivity contribution is 0.421. The molecule has 0 amide bonds. The molecule has 0 aliphatic heterocycles. The number of hydrogen-bond donors (Lipinski definition) is 0. The highest BCUT2D eigenvalue weighted by molar-refractivity contribution is 7.11. The average Bonchev–Trinajstić information content (AvgIpc) is 2.61. The third kappa shape index (κ3) is 8.04. The Morgan fingerprint density at radius 2 is 1.68 bits per heavy atom. The van der Waals surface area contributed by atoms with Crippen molar-refractivity contribution >= 4 is 23.5 Å². The van der Waals surface area contributed by atoms with Crippen molar-refractivity contribution in [3.63, 3.8) is 0 Å². The van der Waals surface area contributed by atoms with Crippen molar-refractivity contribution < 1.29 is 4.74 Å². The normalized spacial score (nSPS) is 12.4. The number of allylic oxidation sites excluding steroid dienone is 2.